The fraction of sp³-hybridized carbons (Fsp3) is 0.359. The molecule has 2 aliphatic rings. The van der Waals surface area contributed by atoms with Gasteiger partial charge < -0.3 is 30.9 Å². The van der Waals surface area contributed by atoms with E-state index in [1.54, 1.807) is 32.5 Å². The Labute approximate surface area is 303 Å². The number of hydrogen-bond acceptors (Lipinski definition) is 8. The highest BCUT2D eigenvalue weighted by Gasteiger charge is 2.22. The number of nitrogens with zero attached hydrogens (tertiary/aromatic N) is 3. The van der Waals surface area contributed by atoms with Crippen LogP contribution in [0, 0.1) is 6.92 Å². The first-order chi connectivity index (χ1) is 24.7. The summed E-state index contributed by atoms with van der Waals surface area (Å²) < 4.78 is 5.78. The lowest BCUT2D eigenvalue weighted by Crippen LogP contribution is -2.43. The zero-order chi connectivity index (χ0) is 35.9. The molecule has 3 amide bonds. The van der Waals surface area contributed by atoms with Crippen LogP contribution in [0.4, 0.5) is 5.69 Å². The van der Waals surface area contributed by atoms with Gasteiger partial charge in [0.05, 0.1) is 17.8 Å². The van der Waals surface area contributed by atoms with Crippen molar-refractivity contribution in [2.24, 2.45) is 0 Å². The lowest BCUT2D eigenvalue weighted by molar-refractivity contribution is -0.130. The Kier molecular flexibility index (Phi) is 11.6. The van der Waals surface area contributed by atoms with E-state index in [-0.39, 0.29) is 23.8 Å². The number of halogens is 1. The number of methoxy groups -OCH3 is 1. The molecule has 51 heavy (non-hydrogen) atoms. The van der Waals surface area contributed by atoms with E-state index in [4.69, 9.17) is 16.3 Å². The van der Waals surface area contributed by atoms with Crippen LogP contribution >= 0.6 is 11.6 Å². The summed E-state index contributed by atoms with van der Waals surface area (Å²) in [5, 5.41) is 13.4. The highest BCUT2D eigenvalue weighted by molar-refractivity contribution is 6.35. The lowest BCUT2D eigenvalue weighted by Gasteiger charge is -2.32. The number of nitrogens with one attached hydrogen (secondary N) is 4. The highest BCUT2D eigenvalue weighted by Crippen LogP contribution is 2.39. The molecule has 11 nitrogen and oxygen atoms in total. The van der Waals surface area contributed by atoms with Crippen molar-refractivity contribution in [1.29, 1.82) is 0 Å². The molecule has 2 aromatic carbocycles. The van der Waals surface area contributed by atoms with E-state index >= 15 is 0 Å². The van der Waals surface area contributed by atoms with Crippen LogP contribution in [0.25, 0.3) is 22.4 Å². The molecule has 0 aliphatic carbocycles. The van der Waals surface area contributed by atoms with Crippen molar-refractivity contribution in [2.75, 3.05) is 32.1 Å². The molecule has 0 spiro atoms. The number of benzene rings is 2. The average Bonchev–Trinajstić information content (AvgIpc) is 3.56. The predicted molar refractivity (Wildman–Crippen MR) is 199 cm³/mol. The van der Waals surface area contributed by atoms with Gasteiger partial charge >= 0.3 is 0 Å². The van der Waals surface area contributed by atoms with Crippen molar-refractivity contribution < 1.29 is 19.1 Å². The third-order valence-electron chi connectivity index (χ3n) is 9.71. The molecule has 0 radical (unpaired) electrons. The van der Waals surface area contributed by atoms with Crippen LogP contribution < -0.4 is 26.0 Å². The molecule has 2 fully saturated rings. The third kappa shape index (κ3) is 8.73. The summed E-state index contributed by atoms with van der Waals surface area (Å²) in [6.45, 7) is 7.04. The van der Waals surface area contributed by atoms with Crippen LogP contribution in [0.5, 0.6) is 5.75 Å². The molecule has 0 unspecified atom stereocenters. The summed E-state index contributed by atoms with van der Waals surface area (Å²) in [7, 11) is 1.66. The van der Waals surface area contributed by atoms with E-state index in [9.17, 15) is 14.4 Å². The minimum Gasteiger partial charge on any atom is -0.496 e. The predicted octanol–water partition coefficient (Wildman–Crippen LogP) is 5.50. The Morgan fingerprint density at radius 3 is 2.55 bits per heavy atom. The quantitative estimate of drug-likeness (QED) is 0.151. The first-order valence-corrected chi connectivity index (χ1v) is 17.7. The monoisotopic (exact) mass is 709 g/mol. The molecule has 6 rings (SSSR count). The zero-order valence-corrected chi connectivity index (χ0v) is 30.0. The Morgan fingerprint density at radius 2 is 1.84 bits per heavy atom. The van der Waals surface area contributed by atoms with Gasteiger partial charge in [-0.05, 0) is 67.1 Å². The van der Waals surface area contributed by atoms with Crippen molar-refractivity contribution in [3.05, 3.63) is 94.4 Å². The Bertz CT molecular complexity index is 1890. The number of amides is 3. The molecule has 4 aromatic rings. The smallest absolute Gasteiger partial charge is 0.274 e. The number of carbonyl (C=O) groups is 3. The molecular formula is C39H44ClN7O4. The van der Waals surface area contributed by atoms with E-state index in [1.807, 2.05) is 60.4 Å². The fourth-order valence-corrected chi connectivity index (χ4v) is 7.00. The Balaban J connectivity index is 1.11. The fourth-order valence-electron chi connectivity index (χ4n) is 6.68. The molecule has 2 aromatic heterocycles. The number of pyridine rings is 2. The summed E-state index contributed by atoms with van der Waals surface area (Å²) >= 11 is 7.07. The summed E-state index contributed by atoms with van der Waals surface area (Å²) in [6.07, 6.45) is 6.68. The molecule has 0 bridgehead atoms. The van der Waals surface area contributed by atoms with E-state index in [2.05, 4.69) is 31.2 Å². The van der Waals surface area contributed by atoms with Gasteiger partial charge in [-0.2, -0.15) is 0 Å². The number of hydrogen-bond donors (Lipinski definition) is 4. The zero-order valence-electron chi connectivity index (χ0n) is 29.2. The van der Waals surface area contributed by atoms with Gasteiger partial charge in [0, 0.05) is 92.9 Å². The maximum Gasteiger partial charge on any atom is 0.274 e. The minimum absolute atomic E-state index is 0.0975. The maximum atomic E-state index is 13.2. The summed E-state index contributed by atoms with van der Waals surface area (Å²) in [5.74, 6) is 0.654. The van der Waals surface area contributed by atoms with Crippen molar-refractivity contribution in [3.8, 4) is 28.1 Å². The highest BCUT2D eigenvalue weighted by atomic mass is 35.5. The lowest BCUT2D eigenvalue weighted by atomic mass is 9.97. The number of likely N-dealkylation sites (tertiary alicyclic amines) is 1. The van der Waals surface area contributed by atoms with Gasteiger partial charge in [-0.3, -0.25) is 24.4 Å². The van der Waals surface area contributed by atoms with E-state index < -0.39 is 0 Å². The second-order valence-electron chi connectivity index (χ2n) is 13.1. The standard InChI is InChI=1S/C39H44ClN7O4/c1-24-31(5-4-6-33(24)46-39(50)34-11-7-26(21-44-34)20-41-23-30-10-12-36(49)45-30)32-13-16-42-38(37(32)40)27-8-9-28(35(19-27)51-3)22-43-29-14-17-47(18-15-29)25(2)48/h4-9,11,13,16,19,21,29-30,41,43H,10,12,14-15,17-18,20,22-23H2,1-3H3,(H,45,49)(H,46,50)/t30-/m0/s1. The van der Waals surface area contributed by atoms with Gasteiger partial charge in [0.2, 0.25) is 11.8 Å². The summed E-state index contributed by atoms with van der Waals surface area (Å²) in [6, 6.07) is 17.7. The van der Waals surface area contributed by atoms with E-state index in [0.717, 1.165) is 71.5 Å². The van der Waals surface area contributed by atoms with Crippen LogP contribution in [0.15, 0.2) is 67.0 Å². The van der Waals surface area contributed by atoms with Crippen LogP contribution in [-0.2, 0) is 22.7 Å². The summed E-state index contributed by atoms with van der Waals surface area (Å²) in [4.78, 5) is 47.2. The minimum atomic E-state index is -0.312. The normalized spacial score (nSPS) is 16.2. The first kappa shape index (κ1) is 36.0. The van der Waals surface area contributed by atoms with Crippen molar-refractivity contribution in [1.82, 2.24) is 30.8 Å². The van der Waals surface area contributed by atoms with Gasteiger partial charge in [0.15, 0.2) is 0 Å². The molecule has 4 heterocycles. The molecule has 266 valence electrons. The van der Waals surface area contributed by atoms with E-state index in [1.165, 1.54) is 0 Å². The van der Waals surface area contributed by atoms with E-state index in [0.29, 0.717) is 54.2 Å². The van der Waals surface area contributed by atoms with Gasteiger partial charge in [-0.15, -0.1) is 0 Å². The molecule has 1 atom stereocenters. The average molecular weight is 710 g/mol. The number of ether oxygens (including phenoxy) is 1. The van der Waals surface area contributed by atoms with Crippen molar-refractivity contribution in [3.63, 3.8) is 0 Å². The van der Waals surface area contributed by atoms with Gasteiger partial charge in [-0.25, -0.2) is 0 Å². The second-order valence-corrected chi connectivity index (χ2v) is 13.5. The maximum absolute atomic E-state index is 13.2. The van der Waals surface area contributed by atoms with Crippen LogP contribution in [0.2, 0.25) is 5.02 Å². The molecule has 2 aliphatic heterocycles. The van der Waals surface area contributed by atoms with Crippen LogP contribution in [0.1, 0.15) is 59.8 Å². The van der Waals surface area contributed by atoms with Crippen LogP contribution in [0.3, 0.4) is 0 Å². The molecule has 0 saturated carbocycles. The van der Waals surface area contributed by atoms with Crippen molar-refractivity contribution in [2.45, 2.75) is 64.7 Å². The third-order valence-corrected chi connectivity index (χ3v) is 10.1. The van der Waals surface area contributed by atoms with Gasteiger partial charge in [0.1, 0.15) is 11.4 Å². The number of piperidine rings is 1. The summed E-state index contributed by atoms with van der Waals surface area (Å²) in [5.41, 5.74) is 6.92. The Morgan fingerprint density at radius 1 is 1.02 bits per heavy atom. The molecule has 12 heteroatoms. The van der Waals surface area contributed by atoms with Gasteiger partial charge in [0.25, 0.3) is 5.91 Å². The Hall–Kier alpha value is -4.84. The SMILES string of the molecule is COc1cc(-c2nccc(-c3cccc(NC(=O)c4ccc(CNC[C@@H]5CCC(=O)N5)cn4)c3C)c2Cl)ccc1CNC1CCN(C(C)=O)CC1. The number of aromatic nitrogens is 2. The topological polar surface area (TPSA) is 138 Å². The number of rotatable bonds is 12. The van der Waals surface area contributed by atoms with Crippen LogP contribution in [-0.4, -0.2) is 71.4 Å². The molecule has 4 N–H and O–H groups in total. The number of carbonyl (C=O) groups excluding carboxylic acids is 3. The van der Waals surface area contributed by atoms with Gasteiger partial charge in [-0.1, -0.05) is 41.9 Å². The largest absolute Gasteiger partial charge is 0.496 e. The first-order valence-electron chi connectivity index (χ1n) is 17.4. The molecular weight excluding hydrogens is 666 g/mol. The molecule has 2 saturated heterocycles. The van der Waals surface area contributed by atoms with Crippen molar-refractivity contribution >= 4 is 35.0 Å². The second kappa shape index (κ2) is 16.5. The number of anilines is 1.